The predicted molar refractivity (Wildman–Crippen MR) is 60.4 cm³/mol. The van der Waals surface area contributed by atoms with E-state index in [1.807, 2.05) is 0 Å². The number of nitrogens with zero attached hydrogens (tertiary/aromatic N) is 1. The molecule has 3 N–H and O–H groups in total. The number of nitrogen functional groups attached to an aromatic ring is 1. The standard InChI is InChI=1S/C10H8BrFN2O2/c1-4-2-5(6-3-7(13)14-16-6)9(12)10(15)8(4)11/h2-3,15H,1H3,(H2,13,14). The van der Waals surface area contributed by atoms with E-state index in [9.17, 15) is 9.50 Å². The van der Waals surface area contributed by atoms with Crippen LogP contribution in [-0.2, 0) is 0 Å². The molecule has 0 amide bonds. The van der Waals surface area contributed by atoms with Crippen LogP contribution in [0.4, 0.5) is 10.2 Å². The van der Waals surface area contributed by atoms with E-state index in [2.05, 4.69) is 21.1 Å². The molecule has 84 valence electrons. The Kier molecular flexibility index (Phi) is 2.59. The van der Waals surface area contributed by atoms with Gasteiger partial charge in [-0.1, -0.05) is 5.16 Å². The summed E-state index contributed by atoms with van der Waals surface area (Å²) in [7, 11) is 0. The normalized spacial score (nSPS) is 10.7. The lowest BCUT2D eigenvalue weighted by molar-refractivity contribution is 0.417. The van der Waals surface area contributed by atoms with Crippen molar-refractivity contribution in [2.45, 2.75) is 6.92 Å². The van der Waals surface area contributed by atoms with E-state index in [0.29, 0.717) is 10.0 Å². The largest absolute Gasteiger partial charge is 0.504 e. The van der Waals surface area contributed by atoms with Crippen LogP contribution in [-0.4, -0.2) is 10.3 Å². The fourth-order valence-electron chi connectivity index (χ4n) is 1.35. The average Bonchev–Trinajstić information content (AvgIpc) is 2.67. The molecular formula is C10H8BrFN2O2. The van der Waals surface area contributed by atoms with Crippen molar-refractivity contribution in [3.63, 3.8) is 0 Å². The molecule has 16 heavy (non-hydrogen) atoms. The Morgan fingerprint density at radius 3 is 2.75 bits per heavy atom. The molecule has 0 aliphatic heterocycles. The monoisotopic (exact) mass is 286 g/mol. The van der Waals surface area contributed by atoms with Gasteiger partial charge in [0.2, 0.25) is 0 Å². The molecule has 1 aromatic heterocycles. The zero-order valence-electron chi connectivity index (χ0n) is 8.29. The summed E-state index contributed by atoms with van der Waals surface area (Å²) in [6, 6.07) is 2.93. The van der Waals surface area contributed by atoms with Gasteiger partial charge in [-0.3, -0.25) is 0 Å². The van der Waals surface area contributed by atoms with Crippen molar-refractivity contribution >= 4 is 21.7 Å². The molecule has 0 spiro atoms. The summed E-state index contributed by atoms with van der Waals surface area (Å²) in [6.07, 6.45) is 0. The topological polar surface area (TPSA) is 72.3 Å². The third kappa shape index (κ3) is 1.65. The Balaban J connectivity index is 2.66. The highest BCUT2D eigenvalue weighted by Gasteiger charge is 2.18. The number of phenolic OH excluding ortho intramolecular Hbond substituents is 1. The third-order valence-corrected chi connectivity index (χ3v) is 3.15. The fraction of sp³-hybridized carbons (Fsp3) is 0.100. The zero-order valence-corrected chi connectivity index (χ0v) is 9.88. The maximum atomic E-state index is 13.7. The first kappa shape index (κ1) is 10.9. The highest BCUT2D eigenvalue weighted by atomic mass is 79.9. The highest BCUT2D eigenvalue weighted by Crippen LogP contribution is 2.37. The Morgan fingerprint density at radius 1 is 1.50 bits per heavy atom. The van der Waals surface area contributed by atoms with Crippen LogP contribution in [0.25, 0.3) is 11.3 Å². The number of aromatic hydroxyl groups is 1. The lowest BCUT2D eigenvalue weighted by Gasteiger charge is -2.06. The number of aromatic nitrogens is 1. The van der Waals surface area contributed by atoms with E-state index in [1.165, 1.54) is 6.07 Å². The first-order valence-corrected chi connectivity index (χ1v) is 5.20. The van der Waals surface area contributed by atoms with E-state index >= 15 is 0 Å². The summed E-state index contributed by atoms with van der Waals surface area (Å²) in [4.78, 5) is 0. The van der Waals surface area contributed by atoms with Gasteiger partial charge >= 0.3 is 0 Å². The summed E-state index contributed by atoms with van der Waals surface area (Å²) in [5.74, 6) is -0.881. The second-order valence-electron chi connectivity index (χ2n) is 3.33. The third-order valence-electron chi connectivity index (χ3n) is 2.15. The van der Waals surface area contributed by atoms with Crippen LogP contribution in [0.1, 0.15) is 5.56 Å². The van der Waals surface area contributed by atoms with Crippen LogP contribution in [0.5, 0.6) is 5.75 Å². The maximum absolute atomic E-state index is 13.7. The summed E-state index contributed by atoms with van der Waals surface area (Å²) in [5.41, 5.74) is 6.18. The van der Waals surface area contributed by atoms with Crippen LogP contribution in [0, 0.1) is 12.7 Å². The Hall–Kier alpha value is -1.56. The summed E-state index contributed by atoms with van der Waals surface area (Å²) in [5, 5.41) is 13.0. The second kappa shape index (κ2) is 3.79. The Bertz CT molecular complexity index is 554. The van der Waals surface area contributed by atoms with Crippen LogP contribution < -0.4 is 5.73 Å². The molecule has 0 atom stereocenters. The van der Waals surface area contributed by atoms with Crippen molar-refractivity contribution < 1.29 is 14.0 Å². The van der Waals surface area contributed by atoms with Gasteiger partial charge in [-0.15, -0.1) is 0 Å². The fourth-order valence-corrected chi connectivity index (χ4v) is 1.64. The van der Waals surface area contributed by atoms with E-state index in [1.54, 1.807) is 13.0 Å². The lowest BCUT2D eigenvalue weighted by atomic mass is 10.1. The van der Waals surface area contributed by atoms with Gasteiger partial charge in [-0.25, -0.2) is 4.39 Å². The lowest BCUT2D eigenvalue weighted by Crippen LogP contribution is -1.88. The minimum absolute atomic E-state index is 0.127. The number of rotatable bonds is 1. The molecule has 1 heterocycles. The maximum Gasteiger partial charge on any atom is 0.177 e. The van der Waals surface area contributed by atoms with Gasteiger partial charge < -0.3 is 15.4 Å². The number of hydrogen-bond donors (Lipinski definition) is 2. The minimum Gasteiger partial charge on any atom is -0.504 e. The van der Waals surface area contributed by atoms with Crippen molar-refractivity contribution in [1.29, 1.82) is 0 Å². The number of phenols is 1. The SMILES string of the molecule is Cc1cc(-c2cc(N)no2)c(F)c(O)c1Br. The molecule has 0 unspecified atom stereocenters. The zero-order chi connectivity index (χ0) is 11.9. The molecule has 0 bridgehead atoms. The van der Waals surface area contributed by atoms with E-state index in [-0.39, 0.29) is 17.1 Å². The second-order valence-corrected chi connectivity index (χ2v) is 4.13. The van der Waals surface area contributed by atoms with Crippen molar-refractivity contribution in [3.05, 3.63) is 28.0 Å². The number of aryl methyl sites for hydroxylation is 1. The number of benzene rings is 1. The van der Waals surface area contributed by atoms with Crippen molar-refractivity contribution in [1.82, 2.24) is 5.16 Å². The van der Waals surface area contributed by atoms with Gasteiger partial charge in [0.05, 0.1) is 10.0 Å². The van der Waals surface area contributed by atoms with Crippen LogP contribution in [0.15, 0.2) is 21.1 Å². The number of halogens is 2. The molecule has 0 aliphatic rings. The van der Waals surface area contributed by atoms with Gasteiger partial charge in [0.15, 0.2) is 23.1 Å². The molecule has 2 rings (SSSR count). The first-order valence-electron chi connectivity index (χ1n) is 4.41. The molecule has 4 nitrogen and oxygen atoms in total. The summed E-state index contributed by atoms with van der Waals surface area (Å²) < 4.78 is 18.9. The minimum atomic E-state index is -0.770. The Labute approximate surface area is 99.0 Å². The number of hydrogen-bond acceptors (Lipinski definition) is 4. The van der Waals surface area contributed by atoms with Gasteiger partial charge in [0.1, 0.15) is 0 Å². The number of nitrogens with two attached hydrogens (primary N) is 1. The smallest absolute Gasteiger partial charge is 0.177 e. The van der Waals surface area contributed by atoms with Crippen molar-refractivity contribution in [2.24, 2.45) is 0 Å². The van der Waals surface area contributed by atoms with E-state index < -0.39 is 11.6 Å². The molecule has 0 fully saturated rings. The molecule has 2 aromatic rings. The van der Waals surface area contributed by atoms with Crippen molar-refractivity contribution in [2.75, 3.05) is 5.73 Å². The summed E-state index contributed by atoms with van der Waals surface area (Å²) in [6.45, 7) is 1.73. The quantitative estimate of drug-likeness (QED) is 0.846. The van der Waals surface area contributed by atoms with Crippen LogP contribution in [0.2, 0.25) is 0 Å². The van der Waals surface area contributed by atoms with Gasteiger partial charge in [-0.2, -0.15) is 0 Å². The van der Waals surface area contributed by atoms with Gasteiger partial charge in [-0.05, 0) is 34.5 Å². The molecule has 0 radical (unpaired) electrons. The first-order chi connectivity index (χ1) is 7.50. The van der Waals surface area contributed by atoms with Gasteiger partial charge in [0.25, 0.3) is 0 Å². The number of anilines is 1. The van der Waals surface area contributed by atoms with Crippen LogP contribution >= 0.6 is 15.9 Å². The Morgan fingerprint density at radius 2 is 2.19 bits per heavy atom. The average molecular weight is 287 g/mol. The van der Waals surface area contributed by atoms with E-state index in [0.717, 1.165) is 0 Å². The molecule has 0 aliphatic carbocycles. The van der Waals surface area contributed by atoms with Crippen LogP contribution in [0.3, 0.4) is 0 Å². The summed E-state index contributed by atoms with van der Waals surface area (Å²) >= 11 is 3.08. The molecule has 0 saturated carbocycles. The highest BCUT2D eigenvalue weighted by molar-refractivity contribution is 9.10. The molecular weight excluding hydrogens is 279 g/mol. The predicted octanol–water partition coefficient (Wildman–Crippen LogP) is 2.84. The van der Waals surface area contributed by atoms with E-state index in [4.69, 9.17) is 10.3 Å². The molecule has 1 aromatic carbocycles. The van der Waals surface area contributed by atoms with Gasteiger partial charge in [0, 0.05) is 6.07 Å². The van der Waals surface area contributed by atoms with Crippen molar-refractivity contribution in [3.8, 4) is 17.1 Å². The molecule has 0 saturated heterocycles. The molecule has 6 heteroatoms.